The van der Waals surface area contributed by atoms with Gasteiger partial charge in [-0.2, -0.15) is 0 Å². The Labute approximate surface area is 120 Å². The van der Waals surface area contributed by atoms with Gasteiger partial charge in [-0.3, -0.25) is 0 Å². The van der Waals surface area contributed by atoms with Gasteiger partial charge in [-0.25, -0.2) is 0 Å². The zero-order chi connectivity index (χ0) is 14.4. The molecule has 1 aromatic carbocycles. The normalized spacial score (nSPS) is 12.4. The van der Waals surface area contributed by atoms with E-state index in [9.17, 15) is 0 Å². The molecule has 0 saturated carbocycles. The zero-order valence-corrected chi connectivity index (χ0v) is 12.3. The van der Waals surface area contributed by atoms with Crippen LogP contribution in [0.5, 0.6) is 5.75 Å². The summed E-state index contributed by atoms with van der Waals surface area (Å²) in [6, 6.07) is 10.2. The number of hydrogen-bond donors (Lipinski definition) is 1. The molecule has 1 heterocycles. The van der Waals surface area contributed by atoms with Gasteiger partial charge in [0.1, 0.15) is 12.4 Å². The highest BCUT2D eigenvalue weighted by atomic mass is 16.5. The van der Waals surface area contributed by atoms with E-state index in [0.717, 1.165) is 23.5 Å². The van der Waals surface area contributed by atoms with E-state index in [4.69, 9.17) is 9.15 Å². The molecule has 1 aromatic heterocycles. The van der Waals surface area contributed by atoms with Gasteiger partial charge in [-0.05, 0) is 39.2 Å². The first kappa shape index (κ1) is 14.5. The number of nitrogens with zero attached hydrogens (tertiary/aromatic N) is 1. The molecule has 2 aromatic rings. The Balaban J connectivity index is 1.92. The molecule has 0 aliphatic rings. The maximum Gasteiger partial charge on any atom is 0.121 e. The van der Waals surface area contributed by atoms with Crippen molar-refractivity contribution in [3.05, 3.63) is 48.4 Å². The summed E-state index contributed by atoms with van der Waals surface area (Å²) in [5, 5.41) is 3.43. The van der Waals surface area contributed by atoms with Gasteiger partial charge in [-0.1, -0.05) is 6.07 Å². The fraction of sp³-hybridized carbons (Fsp3) is 0.375. The van der Waals surface area contributed by atoms with Crippen LogP contribution >= 0.6 is 0 Å². The Morgan fingerprint density at radius 1 is 1.30 bits per heavy atom. The molecule has 20 heavy (non-hydrogen) atoms. The molecule has 0 spiro atoms. The highest BCUT2D eigenvalue weighted by molar-refractivity contribution is 5.49. The molecule has 0 bridgehead atoms. The molecule has 4 nitrogen and oxygen atoms in total. The Bertz CT molecular complexity index is 509. The third-order valence-electron chi connectivity index (χ3n) is 3.07. The van der Waals surface area contributed by atoms with Crippen LogP contribution in [0.3, 0.4) is 0 Å². The van der Waals surface area contributed by atoms with Gasteiger partial charge < -0.3 is 19.4 Å². The van der Waals surface area contributed by atoms with Crippen LogP contribution in [-0.4, -0.2) is 32.1 Å². The molecule has 108 valence electrons. The Hall–Kier alpha value is -1.94. The van der Waals surface area contributed by atoms with Crippen molar-refractivity contribution in [1.82, 2.24) is 4.90 Å². The van der Waals surface area contributed by atoms with Crippen molar-refractivity contribution in [2.45, 2.75) is 13.0 Å². The number of anilines is 1. The minimum atomic E-state index is 0.200. The van der Waals surface area contributed by atoms with Crippen molar-refractivity contribution in [2.75, 3.05) is 32.6 Å². The molecule has 0 amide bonds. The van der Waals surface area contributed by atoms with E-state index in [-0.39, 0.29) is 6.04 Å². The maximum atomic E-state index is 5.73. The molecular formula is C16H22N2O2. The largest absolute Gasteiger partial charge is 0.492 e. The highest BCUT2D eigenvalue weighted by Crippen LogP contribution is 2.23. The quantitative estimate of drug-likeness (QED) is 0.839. The first-order chi connectivity index (χ1) is 9.65. The summed E-state index contributed by atoms with van der Waals surface area (Å²) in [4.78, 5) is 2.10. The Morgan fingerprint density at radius 2 is 2.15 bits per heavy atom. The van der Waals surface area contributed by atoms with Crippen molar-refractivity contribution in [3.8, 4) is 5.75 Å². The Morgan fingerprint density at radius 3 is 2.85 bits per heavy atom. The molecule has 1 unspecified atom stereocenters. The maximum absolute atomic E-state index is 5.73. The van der Waals surface area contributed by atoms with Crippen LogP contribution in [0.1, 0.15) is 18.5 Å². The second-order valence-corrected chi connectivity index (χ2v) is 5.10. The molecule has 0 aliphatic carbocycles. The summed E-state index contributed by atoms with van der Waals surface area (Å²) in [6.45, 7) is 3.70. The van der Waals surface area contributed by atoms with Gasteiger partial charge in [0.25, 0.3) is 0 Å². The van der Waals surface area contributed by atoms with Crippen molar-refractivity contribution in [1.29, 1.82) is 0 Å². The molecule has 2 rings (SSSR count). The van der Waals surface area contributed by atoms with Gasteiger partial charge in [0.05, 0.1) is 18.6 Å². The number of ether oxygens (including phenoxy) is 1. The lowest BCUT2D eigenvalue weighted by molar-refractivity contribution is 0.261. The van der Waals surface area contributed by atoms with E-state index in [1.165, 1.54) is 0 Å². The van der Waals surface area contributed by atoms with Crippen molar-refractivity contribution in [3.63, 3.8) is 0 Å². The van der Waals surface area contributed by atoms with E-state index < -0.39 is 0 Å². The molecular weight excluding hydrogens is 252 g/mol. The van der Waals surface area contributed by atoms with E-state index >= 15 is 0 Å². The van der Waals surface area contributed by atoms with Gasteiger partial charge >= 0.3 is 0 Å². The molecule has 0 aliphatic heterocycles. The first-order valence-electron chi connectivity index (χ1n) is 6.81. The van der Waals surface area contributed by atoms with Crippen LogP contribution in [0.15, 0.2) is 47.3 Å². The van der Waals surface area contributed by atoms with Crippen molar-refractivity contribution < 1.29 is 9.15 Å². The van der Waals surface area contributed by atoms with Gasteiger partial charge in [0.2, 0.25) is 0 Å². The summed E-state index contributed by atoms with van der Waals surface area (Å²) in [6.07, 6.45) is 3.45. The van der Waals surface area contributed by atoms with Crippen LogP contribution in [0.4, 0.5) is 5.69 Å². The fourth-order valence-corrected chi connectivity index (χ4v) is 1.88. The molecule has 1 N–H and O–H groups in total. The SMILES string of the molecule is CC(Nc1cccc(OCCN(C)C)c1)c1ccoc1. The lowest BCUT2D eigenvalue weighted by Crippen LogP contribution is -2.19. The standard InChI is InChI=1S/C16H22N2O2/c1-13(14-7-9-19-12-14)17-15-5-4-6-16(11-15)20-10-8-18(2)3/h4-7,9,11-13,17H,8,10H2,1-3H3. The van der Waals surface area contributed by atoms with E-state index in [1.54, 1.807) is 12.5 Å². The van der Waals surface area contributed by atoms with Crippen LogP contribution < -0.4 is 10.1 Å². The third kappa shape index (κ3) is 4.31. The van der Waals surface area contributed by atoms with Gasteiger partial charge in [0.15, 0.2) is 0 Å². The third-order valence-corrected chi connectivity index (χ3v) is 3.07. The summed E-state index contributed by atoms with van der Waals surface area (Å²) in [5.41, 5.74) is 2.17. The van der Waals surface area contributed by atoms with E-state index in [1.807, 2.05) is 44.4 Å². The number of nitrogens with one attached hydrogen (secondary N) is 1. The molecule has 0 fully saturated rings. The smallest absolute Gasteiger partial charge is 0.121 e. The summed E-state index contributed by atoms with van der Waals surface area (Å²) >= 11 is 0. The van der Waals surface area contributed by atoms with Crippen LogP contribution in [0.2, 0.25) is 0 Å². The fourth-order valence-electron chi connectivity index (χ4n) is 1.88. The summed E-state index contributed by atoms with van der Waals surface area (Å²) in [7, 11) is 4.07. The lowest BCUT2D eigenvalue weighted by Gasteiger charge is -2.15. The highest BCUT2D eigenvalue weighted by Gasteiger charge is 2.06. The van der Waals surface area contributed by atoms with Gasteiger partial charge in [-0.15, -0.1) is 0 Å². The van der Waals surface area contributed by atoms with E-state index in [2.05, 4.69) is 17.1 Å². The van der Waals surface area contributed by atoms with Crippen LogP contribution in [-0.2, 0) is 0 Å². The van der Waals surface area contributed by atoms with Crippen LogP contribution in [0.25, 0.3) is 0 Å². The minimum absolute atomic E-state index is 0.200. The molecule has 0 radical (unpaired) electrons. The van der Waals surface area contributed by atoms with Crippen molar-refractivity contribution in [2.24, 2.45) is 0 Å². The monoisotopic (exact) mass is 274 g/mol. The first-order valence-corrected chi connectivity index (χ1v) is 6.81. The lowest BCUT2D eigenvalue weighted by atomic mass is 10.1. The minimum Gasteiger partial charge on any atom is -0.492 e. The molecule has 0 saturated heterocycles. The zero-order valence-electron chi connectivity index (χ0n) is 12.3. The number of hydrogen-bond acceptors (Lipinski definition) is 4. The van der Waals surface area contributed by atoms with E-state index in [0.29, 0.717) is 6.61 Å². The number of rotatable bonds is 7. The summed E-state index contributed by atoms with van der Waals surface area (Å²) < 4.78 is 10.8. The number of benzene rings is 1. The Kier molecular flexibility index (Phi) is 5.07. The molecule has 4 heteroatoms. The average molecular weight is 274 g/mol. The second-order valence-electron chi connectivity index (χ2n) is 5.10. The van der Waals surface area contributed by atoms with Crippen LogP contribution in [0, 0.1) is 0 Å². The average Bonchev–Trinajstić information content (AvgIpc) is 2.92. The number of likely N-dealkylation sites (N-methyl/N-ethyl adjacent to an activating group) is 1. The number of furan rings is 1. The predicted molar refractivity (Wildman–Crippen MR) is 81.2 cm³/mol. The topological polar surface area (TPSA) is 37.6 Å². The van der Waals surface area contributed by atoms with Crippen molar-refractivity contribution >= 4 is 5.69 Å². The predicted octanol–water partition coefficient (Wildman–Crippen LogP) is 3.39. The summed E-state index contributed by atoms with van der Waals surface area (Å²) in [5.74, 6) is 0.885. The second kappa shape index (κ2) is 7.01. The van der Waals surface area contributed by atoms with Gasteiger partial charge in [0, 0.05) is 23.9 Å². The molecule has 1 atom stereocenters.